The lowest BCUT2D eigenvalue weighted by Crippen LogP contribution is -2.30. The van der Waals surface area contributed by atoms with Crippen LogP contribution in [-0.2, 0) is 4.79 Å². The van der Waals surface area contributed by atoms with Crippen LogP contribution < -0.4 is 19.2 Å². The Kier molecular flexibility index (Phi) is 6.23. The summed E-state index contributed by atoms with van der Waals surface area (Å²) in [5.74, 6) is 1.20. The second-order valence-corrected chi connectivity index (χ2v) is 7.76. The molecule has 0 saturated heterocycles. The summed E-state index contributed by atoms with van der Waals surface area (Å²) >= 11 is 1.44. The van der Waals surface area contributed by atoms with Crippen LogP contribution in [0.5, 0.6) is 11.5 Å². The molecular weight excluding hydrogens is 424 g/mol. The molecule has 32 heavy (non-hydrogen) atoms. The highest BCUT2D eigenvalue weighted by atomic mass is 32.1. The SMILES string of the molecule is C=CCN=c1scc(-c2ccc(OC)cc2OC)n1N=C1C(=O)N(CC)c2ccccc21. The van der Waals surface area contributed by atoms with Crippen molar-refractivity contribution in [3.8, 4) is 22.8 Å². The molecule has 1 aliphatic rings. The third kappa shape index (κ3) is 3.73. The number of hydrogen-bond acceptors (Lipinski definition) is 6. The first kappa shape index (κ1) is 21.6. The number of thiazole rings is 1. The standard InChI is InChI=1S/C24H24N4O3S/c1-5-13-25-24-28(20(15-32-24)17-12-11-16(30-3)14-21(17)31-4)26-22-18-9-7-8-10-19(18)27(6-2)23(22)29/h5,7-12,14-15H,1,6,13H2,2-4H3. The third-order valence-corrected chi connectivity index (χ3v) is 5.99. The monoisotopic (exact) mass is 448 g/mol. The van der Waals surface area contributed by atoms with E-state index in [1.54, 1.807) is 29.9 Å². The van der Waals surface area contributed by atoms with Crippen LogP contribution in [0, 0.1) is 0 Å². The van der Waals surface area contributed by atoms with E-state index in [9.17, 15) is 4.79 Å². The first-order valence-electron chi connectivity index (χ1n) is 10.2. The summed E-state index contributed by atoms with van der Waals surface area (Å²) in [6.07, 6.45) is 1.72. The lowest BCUT2D eigenvalue weighted by Gasteiger charge is -2.13. The zero-order valence-electron chi connectivity index (χ0n) is 18.2. The quantitative estimate of drug-likeness (QED) is 0.514. The Morgan fingerprint density at radius 1 is 1.12 bits per heavy atom. The lowest BCUT2D eigenvalue weighted by atomic mass is 10.1. The van der Waals surface area contributed by atoms with E-state index in [2.05, 4.69) is 11.6 Å². The minimum Gasteiger partial charge on any atom is -0.497 e. The predicted octanol–water partition coefficient (Wildman–Crippen LogP) is 3.94. The second-order valence-electron chi connectivity index (χ2n) is 6.93. The highest BCUT2D eigenvalue weighted by Crippen LogP contribution is 2.34. The number of fused-ring (bicyclic) bond motifs is 1. The number of para-hydroxylation sites is 1. The normalized spacial score (nSPS) is 14.7. The molecule has 0 saturated carbocycles. The zero-order chi connectivity index (χ0) is 22.7. The Hall–Kier alpha value is -3.65. The largest absolute Gasteiger partial charge is 0.497 e. The average Bonchev–Trinajstić information content (AvgIpc) is 3.35. The molecule has 1 aliphatic heterocycles. The average molecular weight is 449 g/mol. The minimum atomic E-state index is -0.130. The summed E-state index contributed by atoms with van der Waals surface area (Å²) in [6, 6.07) is 13.3. The molecule has 0 bridgehead atoms. The molecule has 3 aromatic rings. The molecule has 0 fully saturated rings. The fraction of sp³-hybridized carbons (Fsp3) is 0.208. The molecule has 0 aliphatic carbocycles. The smallest absolute Gasteiger partial charge is 0.279 e. The van der Waals surface area contributed by atoms with Crippen molar-refractivity contribution in [2.45, 2.75) is 6.92 Å². The van der Waals surface area contributed by atoms with Gasteiger partial charge in [-0.1, -0.05) is 24.3 Å². The van der Waals surface area contributed by atoms with E-state index in [1.807, 2.05) is 54.8 Å². The highest BCUT2D eigenvalue weighted by molar-refractivity contribution is 7.07. The van der Waals surface area contributed by atoms with Crippen molar-refractivity contribution in [2.24, 2.45) is 10.1 Å². The van der Waals surface area contributed by atoms with Crippen LogP contribution >= 0.6 is 11.3 Å². The number of anilines is 1. The number of nitrogens with zero attached hydrogens (tertiary/aromatic N) is 4. The van der Waals surface area contributed by atoms with Gasteiger partial charge in [0.1, 0.15) is 11.5 Å². The predicted molar refractivity (Wildman–Crippen MR) is 128 cm³/mol. The number of rotatable bonds is 7. The zero-order valence-corrected chi connectivity index (χ0v) is 19.1. The fourth-order valence-corrected chi connectivity index (χ4v) is 4.45. The van der Waals surface area contributed by atoms with Crippen LogP contribution in [0.2, 0.25) is 0 Å². The second kappa shape index (κ2) is 9.23. The Morgan fingerprint density at radius 2 is 1.94 bits per heavy atom. The van der Waals surface area contributed by atoms with E-state index in [0.29, 0.717) is 35.1 Å². The number of carbonyl (C=O) groups excluding carboxylic acids is 1. The maximum absolute atomic E-state index is 13.2. The van der Waals surface area contributed by atoms with Crippen LogP contribution in [0.3, 0.4) is 0 Å². The Balaban J connectivity index is 1.95. The van der Waals surface area contributed by atoms with Crippen LogP contribution in [-0.4, -0.2) is 43.6 Å². The van der Waals surface area contributed by atoms with Crippen molar-refractivity contribution >= 4 is 28.6 Å². The van der Waals surface area contributed by atoms with Gasteiger partial charge in [0.2, 0.25) is 4.80 Å². The molecule has 7 nitrogen and oxygen atoms in total. The van der Waals surface area contributed by atoms with Crippen molar-refractivity contribution in [2.75, 3.05) is 32.2 Å². The van der Waals surface area contributed by atoms with Crippen LogP contribution in [0.25, 0.3) is 11.3 Å². The molecule has 0 spiro atoms. The van der Waals surface area contributed by atoms with E-state index in [0.717, 1.165) is 22.5 Å². The lowest BCUT2D eigenvalue weighted by molar-refractivity contribution is -0.112. The minimum absolute atomic E-state index is 0.130. The third-order valence-electron chi connectivity index (χ3n) is 5.14. The molecule has 0 atom stereocenters. The summed E-state index contributed by atoms with van der Waals surface area (Å²) in [5, 5.41) is 6.78. The molecule has 8 heteroatoms. The molecule has 4 rings (SSSR count). The van der Waals surface area contributed by atoms with Crippen molar-refractivity contribution in [1.82, 2.24) is 4.68 Å². The van der Waals surface area contributed by atoms with E-state index in [4.69, 9.17) is 14.6 Å². The molecule has 2 heterocycles. The maximum Gasteiger partial charge on any atom is 0.279 e. The van der Waals surface area contributed by atoms with Crippen LogP contribution in [0.15, 0.2) is 70.6 Å². The summed E-state index contributed by atoms with van der Waals surface area (Å²) in [5.41, 5.74) is 3.64. The first-order chi connectivity index (χ1) is 15.6. The van der Waals surface area contributed by atoms with Gasteiger partial charge in [0, 0.05) is 29.1 Å². The number of methoxy groups -OCH3 is 2. The first-order valence-corrected chi connectivity index (χ1v) is 11.1. The van der Waals surface area contributed by atoms with Gasteiger partial charge in [0.05, 0.1) is 32.1 Å². The summed E-state index contributed by atoms with van der Waals surface area (Å²) in [7, 11) is 3.22. The Labute approximate surface area is 190 Å². The van der Waals surface area contributed by atoms with E-state index in [-0.39, 0.29) is 5.91 Å². The number of benzene rings is 2. The number of likely N-dealkylation sites (N-methyl/N-ethyl adjacent to an activating group) is 1. The van der Waals surface area contributed by atoms with Gasteiger partial charge in [-0.25, -0.2) is 4.68 Å². The van der Waals surface area contributed by atoms with Gasteiger partial charge in [-0.2, -0.15) is 5.10 Å². The Morgan fingerprint density at radius 3 is 2.66 bits per heavy atom. The molecule has 1 amide bonds. The molecule has 2 aromatic carbocycles. The maximum atomic E-state index is 13.2. The topological polar surface area (TPSA) is 68.4 Å². The van der Waals surface area contributed by atoms with Gasteiger partial charge >= 0.3 is 0 Å². The van der Waals surface area contributed by atoms with Gasteiger partial charge in [0.15, 0.2) is 5.71 Å². The molecule has 1 aromatic heterocycles. The molecule has 164 valence electrons. The van der Waals surface area contributed by atoms with Crippen LogP contribution in [0.4, 0.5) is 5.69 Å². The van der Waals surface area contributed by atoms with Crippen LogP contribution in [0.1, 0.15) is 12.5 Å². The van der Waals surface area contributed by atoms with Crippen molar-refractivity contribution in [3.63, 3.8) is 0 Å². The Bertz CT molecular complexity index is 1270. The molecule has 0 radical (unpaired) electrons. The summed E-state index contributed by atoms with van der Waals surface area (Å²) < 4.78 is 12.6. The number of aromatic nitrogens is 1. The molecule has 0 N–H and O–H groups in total. The van der Waals surface area contributed by atoms with Gasteiger partial charge in [-0.3, -0.25) is 9.79 Å². The number of amides is 1. The fourth-order valence-electron chi connectivity index (χ4n) is 3.61. The van der Waals surface area contributed by atoms with Crippen molar-refractivity contribution in [3.05, 3.63) is 70.9 Å². The summed E-state index contributed by atoms with van der Waals surface area (Å²) in [4.78, 5) is 20.2. The van der Waals surface area contributed by atoms with E-state index < -0.39 is 0 Å². The van der Waals surface area contributed by atoms with E-state index in [1.165, 1.54) is 11.3 Å². The van der Waals surface area contributed by atoms with Gasteiger partial charge in [-0.05, 0) is 25.1 Å². The summed E-state index contributed by atoms with van der Waals surface area (Å²) in [6.45, 7) is 6.71. The van der Waals surface area contributed by atoms with Crippen molar-refractivity contribution < 1.29 is 14.3 Å². The van der Waals surface area contributed by atoms with E-state index >= 15 is 0 Å². The van der Waals surface area contributed by atoms with Gasteiger partial charge in [0.25, 0.3) is 5.91 Å². The number of hydrogen-bond donors (Lipinski definition) is 0. The molecule has 0 unspecified atom stereocenters. The number of carbonyl (C=O) groups is 1. The van der Waals surface area contributed by atoms with Gasteiger partial charge < -0.3 is 14.4 Å². The van der Waals surface area contributed by atoms with Crippen molar-refractivity contribution in [1.29, 1.82) is 0 Å². The highest BCUT2D eigenvalue weighted by Gasteiger charge is 2.33. The number of ether oxygens (including phenoxy) is 2. The van der Waals surface area contributed by atoms with Gasteiger partial charge in [-0.15, -0.1) is 17.9 Å². The molecular formula is C24H24N4O3S.